The summed E-state index contributed by atoms with van der Waals surface area (Å²) in [4.78, 5) is 15.3. The Morgan fingerprint density at radius 1 is 1.19 bits per heavy atom. The van der Waals surface area contributed by atoms with Crippen molar-refractivity contribution in [2.24, 2.45) is 11.8 Å². The summed E-state index contributed by atoms with van der Waals surface area (Å²) in [5.41, 5.74) is 0.0400. The number of carbonyl (C=O) groups is 1. The molecule has 1 N–H and O–H groups in total. The van der Waals surface area contributed by atoms with Gasteiger partial charge >= 0.3 is 0 Å². The Kier molecular flexibility index (Phi) is 4.31. The zero-order valence-electron chi connectivity index (χ0n) is 14.0. The van der Waals surface area contributed by atoms with Crippen molar-refractivity contribution in [3.8, 4) is 0 Å². The highest BCUT2D eigenvalue weighted by Crippen LogP contribution is 2.46. The lowest BCUT2D eigenvalue weighted by atomic mass is 9.92. The van der Waals surface area contributed by atoms with Crippen LogP contribution < -0.4 is 5.32 Å². The first-order valence-corrected chi connectivity index (χ1v) is 9.15. The molecular weight excluding hydrogens is 260 g/mol. The van der Waals surface area contributed by atoms with Crippen molar-refractivity contribution in [1.29, 1.82) is 0 Å². The Bertz CT molecular complexity index is 383. The van der Waals surface area contributed by atoms with Gasteiger partial charge in [-0.15, -0.1) is 0 Å². The third-order valence-electron chi connectivity index (χ3n) is 6.08. The summed E-state index contributed by atoms with van der Waals surface area (Å²) in [7, 11) is 0. The van der Waals surface area contributed by atoms with E-state index >= 15 is 0 Å². The van der Waals surface area contributed by atoms with Crippen LogP contribution >= 0.6 is 0 Å². The summed E-state index contributed by atoms with van der Waals surface area (Å²) in [6, 6.07) is 0.0774. The molecule has 0 aromatic heterocycles. The van der Waals surface area contributed by atoms with Gasteiger partial charge in [0.15, 0.2) is 0 Å². The summed E-state index contributed by atoms with van der Waals surface area (Å²) in [6.45, 7) is 6.81. The van der Waals surface area contributed by atoms with Gasteiger partial charge < -0.3 is 4.90 Å². The predicted octanol–water partition coefficient (Wildman–Crippen LogP) is 3.68. The summed E-state index contributed by atoms with van der Waals surface area (Å²) < 4.78 is 0. The minimum absolute atomic E-state index is 0.0400. The molecule has 0 aromatic rings. The third-order valence-corrected chi connectivity index (χ3v) is 6.08. The number of nitrogens with one attached hydrogen (secondary N) is 1. The van der Waals surface area contributed by atoms with Crippen molar-refractivity contribution < 1.29 is 4.79 Å². The minimum Gasteiger partial charge on any atom is -0.320 e. The number of unbranched alkanes of at least 4 members (excludes halogenated alkanes) is 1. The molecule has 2 atom stereocenters. The number of rotatable bonds is 6. The van der Waals surface area contributed by atoms with Gasteiger partial charge in [-0.25, -0.2) is 0 Å². The summed E-state index contributed by atoms with van der Waals surface area (Å²) in [5, 5.41) is 3.73. The van der Waals surface area contributed by atoms with Gasteiger partial charge in [0.05, 0.1) is 12.2 Å². The Morgan fingerprint density at radius 3 is 2.43 bits per heavy atom. The van der Waals surface area contributed by atoms with Crippen molar-refractivity contribution in [2.45, 2.75) is 96.3 Å². The first-order chi connectivity index (χ1) is 10.1. The number of carbonyl (C=O) groups excluding carboxylic acids is 1. The second-order valence-corrected chi connectivity index (χ2v) is 7.99. The topological polar surface area (TPSA) is 32.3 Å². The second-order valence-electron chi connectivity index (χ2n) is 7.99. The van der Waals surface area contributed by atoms with Crippen molar-refractivity contribution in [1.82, 2.24) is 10.2 Å². The van der Waals surface area contributed by atoms with Crippen molar-refractivity contribution in [3.05, 3.63) is 0 Å². The molecule has 0 aromatic carbocycles. The van der Waals surface area contributed by atoms with Crippen LogP contribution in [0.25, 0.3) is 0 Å². The summed E-state index contributed by atoms with van der Waals surface area (Å²) in [5.74, 6) is 1.79. The first-order valence-electron chi connectivity index (χ1n) is 9.15. The Balaban J connectivity index is 1.79. The molecule has 3 nitrogen and oxygen atoms in total. The van der Waals surface area contributed by atoms with Gasteiger partial charge in [-0.1, -0.05) is 32.6 Å². The van der Waals surface area contributed by atoms with Gasteiger partial charge in [-0.2, -0.15) is 0 Å². The fraction of sp³-hybridized carbons (Fsp3) is 0.944. The highest BCUT2D eigenvalue weighted by atomic mass is 16.2. The van der Waals surface area contributed by atoms with E-state index in [1.807, 2.05) is 0 Å². The van der Waals surface area contributed by atoms with Crippen LogP contribution in [0.4, 0.5) is 0 Å². The Morgan fingerprint density at radius 2 is 1.86 bits per heavy atom. The van der Waals surface area contributed by atoms with Crippen LogP contribution in [0.15, 0.2) is 0 Å². The lowest BCUT2D eigenvalue weighted by Crippen LogP contribution is -2.54. The van der Waals surface area contributed by atoms with E-state index in [1.54, 1.807) is 0 Å². The van der Waals surface area contributed by atoms with Crippen LogP contribution in [0.5, 0.6) is 0 Å². The van der Waals surface area contributed by atoms with Crippen LogP contribution in [-0.4, -0.2) is 28.6 Å². The average molecular weight is 292 g/mol. The van der Waals surface area contributed by atoms with Crippen molar-refractivity contribution in [2.75, 3.05) is 0 Å². The summed E-state index contributed by atoms with van der Waals surface area (Å²) >= 11 is 0. The largest absolute Gasteiger partial charge is 0.320 e. The Labute approximate surface area is 129 Å². The lowest BCUT2D eigenvalue weighted by molar-refractivity contribution is -0.137. The molecule has 3 heteroatoms. The third kappa shape index (κ3) is 2.86. The van der Waals surface area contributed by atoms with E-state index in [2.05, 4.69) is 31.0 Å². The molecule has 0 bridgehead atoms. The zero-order valence-corrected chi connectivity index (χ0v) is 14.0. The molecule has 1 heterocycles. The molecule has 3 rings (SSSR count). The summed E-state index contributed by atoms with van der Waals surface area (Å²) in [6.07, 6.45) is 11.5. The maximum Gasteiger partial charge on any atom is 0.241 e. The number of nitrogens with zero attached hydrogens (tertiary/aromatic N) is 1. The second kappa shape index (κ2) is 5.91. The van der Waals surface area contributed by atoms with E-state index in [0.717, 1.165) is 18.8 Å². The van der Waals surface area contributed by atoms with Crippen molar-refractivity contribution >= 4 is 5.91 Å². The van der Waals surface area contributed by atoms with E-state index in [4.69, 9.17) is 0 Å². The van der Waals surface area contributed by atoms with Crippen LogP contribution in [-0.2, 0) is 4.79 Å². The fourth-order valence-electron chi connectivity index (χ4n) is 4.52. The quantitative estimate of drug-likeness (QED) is 0.810. The zero-order chi connectivity index (χ0) is 15.0. The van der Waals surface area contributed by atoms with Gasteiger partial charge in [-0.3, -0.25) is 10.1 Å². The van der Waals surface area contributed by atoms with Gasteiger partial charge in [0.1, 0.15) is 0 Å². The molecule has 2 aliphatic carbocycles. The molecule has 0 radical (unpaired) electrons. The van der Waals surface area contributed by atoms with Gasteiger partial charge in [0.2, 0.25) is 5.91 Å². The highest BCUT2D eigenvalue weighted by Gasteiger charge is 2.53. The molecule has 1 amide bonds. The molecule has 3 aliphatic rings. The molecule has 2 unspecified atom stereocenters. The smallest absolute Gasteiger partial charge is 0.241 e. The van der Waals surface area contributed by atoms with E-state index in [-0.39, 0.29) is 11.6 Å². The molecule has 0 spiro atoms. The monoisotopic (exact) mass is 292 g/mol. The standard InChI is InChI=1S/C18H32N2O/c1-4-5-10-15-17(21)20(18(2,3)14-11-12-14)16(19-15)13-8-6-7-9-13/h13-16,19H,4-12H2,1-3H3. The van der Waals surface area contributed by atoms with Crippen molar-refractivity contribution in [3.63, 3.8) is 0 Å². The predicted molar refractivity (Wildman–Crippen MR) is 85.8 cm³/mol. The van der Waals surface area contributed by atoms with E-state index in [1.165, 1.54) is 44.9 Å². The molecule has 120 valence electrons. The molecular formula is C18H32N2O. The first kappa shape index (κ1) is 15.3. The number of hydrogen-bond acceptors (Lipinski definition) is 2. The molecule has 21 heavy (non-hydrogen) atoms. The van der Waals surface area contributed by atoms with Crippen LogP contribution in [0, 0.1) is 11.8 Å². The fourth-order valence-corrected chi connectivity index (χ4v) is 4.52. The minimum atomic E-state index is 0.0400. The normalized spacial score (nSPS) is 31.4. The molecule has 1 aliphatic heterocycles. The maximum atomic E-state index is 13.0. The molecule has 3 fully saturated rings. The number of hydrogen-bond donors (Lipinski definition) is 1. The van der Waals surface area contributed by atoms with E-state index in [9.17, 15) is 4.79 Å². The molecule has 1 saturated heterocycles. The van der Waals surface area contributed by atoms with Gasteiger partial charge in [0.25, 0.3) is 0 Å². The van der Waals surface area contributed by atoms with Crippen LogP contribution in [0.1, 0.15) is 78.6 Å². The van der Waals surface area contributed by atoms with Gasteiger partial charge in [-0.05, 0) is 57.8 Å². The lowest BCUT2D eigenvalue weighted by Gasteiger charge is -2.42. The van der Waals surface area contributed by atoms with E-state index in [0.29, 0.717) is 18.0 Å². The van der Waals surface area contributed by atoms with Crippen LogP contribution in [0.3, 0.4) is 0 Å². The SMILES string of the molecule is CCCCC1NC(C2CCCC2)N(C(C)(C)C2CC2)C1=O. The average Bonchev–Trinajstić information content (AvgIpc) is 3.08. The molecule has 2 saturated carbocycles. The van der Waals surface area contributed by atoms with E-state index < -0.39 is 0 Å². The van der Waals surface area contributed by atoms with Gasteiger partial charge in [0, 0.05) is 5.54 Å². The maximum absolute atomic E-state index is 13.0. The number of amides is 1. The Hall–Kier alpha value is -0.570. The van der Waals surface area contributed by atoms with Crippen LogP contribution in [0.2, 0.25) is 0 Å². The highest BCUT2D eigenvalue weighted by molar-refractivity contribution is 5.85.